The van der Waals surface area contributed by atoms with Crippen molar-refractivity contribution in [3.63, 3.8) is 0 Å². The summed E-state index contributed by atoms with van der Waals surface area (Å²) in [7, 11) is 2.03. The van der Waals surface area contributed by atoms with Crippen molar-refractivity contribution < 1.29 is 0 Å². The van der Waals surface area contributed by atoms with E-state index in [1.165, 1.54) is 12.1 Å². The van der Waals surface area contributed by atoms with E-state index in [4.69, 9.17) is 0 Å². The third kappa shape index (κ3) is 3.11. The van der Waals surface area contributed by atoms with Crippen LogP contribution in [0.4, 0.5) is 0 Å². The van der Waals surface area contributed by atoms with Crippen LogP contribution in [0.3, 0.4) is 0 Å². The van der Waals surface area contributed by atoms with Gasteiger partial charge in [-0.15, -0.1) is 0 Å². The average Bonchev–Trinajstić information content (AvgIpc) is 2.26. The molecule has 0 spiro atoms. The molecule has 2 nitrogen and oxygen atoms in total. The lowest BCUT2D eigenvalue weighted by Gasteiger charge is -2.21. The molecule has 1 rings (SSSR count). The van der Waals surface area contributed by atoms with E-state index < -0.39 is 0 Å². The molecule has 0 amide bonds. The van der Waals surface area contributed by atoms with Crippen LogP contribution in [0.5, 0.6) is 0 Å². The lowest BCUT2D eigenvalue weighted by Crippen LogP contribution is -2.34. The molecule has 0 fully saturated rings. The van der Waals surface area contributed by atoms with Gasteiger partial charge in [-0.25, -0.2) is 0 Å². The molecule has 0 aliphatic carbocycles. The Morgan fingerprint density at radius 2 is 2.21 bits per heavy atom. The zero-order valence-corrected chi connectivity index (χ0v) is 9.33. The minimum atomic E-state index is 0.537. The molecular weight excluding hydrogens is 172 g/mol. The summed E-state index contributed by atoms with van der Waals surface area (Å²) in [6.07, 6.45) is 4.09. The van der Waals surface area contributed by atoms with Crippen molar-refractivity contribution in [2.45, 2.75) is 32.7 Å². The van der Waals surface area contributed by atoms with E-state index in [1.807, 2.05) is 25.4 Å². The highest BCUT2D eigenvalue weighted by molar-refractivity contribution is 5.05. The Hall–Kier alpha value is -0.890. The molecule has 0 aliphatic rings. The van der Waals surface area contributed by atoms with Crippen LogP contribution in [0.1, 0.15) is 26.0 Å². The van der Waals surface area contributed by atoms with Gasteiger partial charge in [-0.2, -0.15) is 0 Å². The summed E-state index contributed by atoms with van der Waals surface area (Å²) < 4.78 is 0. The first kappa shape index (κ1) is 11.2. The first-order valence-electron chi connectivity index (χ1n) is 5.35. The van der Waals surface area contributed by atoms with Gasteiger partial charge < -0.3 is 5.32 Å². The van der Waals surface area contributed by atoms with Gasteiger partial charge in [0, 0.05) is 24.4 Å². The number of likely N-dealkylation sites (N-methyl/N-ethyl adjacent to an activating group) is 1. The lowest BCUT2D eigenvalue weighted by atomic mass is 9.95. The largest absolute Gasteiger partial charge is 0.316 e. The molecule has 1 aromatic rings. The minimum Gasteiger partial charge on any atom is -0.316 e. The summed E-state index contributed by atoms with van der Waals surface area (Å²) in [5.41, 5.74) is 1.17. The molecule has 0 saturated carbocycles. The third-order valence-corrected chi connectivity index (χ3v) is 2.86. The van der Waals surface area contributed by atoms with E-state index in [9.17, 15) is 0 Å². The Balaban J connectivity index is 2.57. The maximum Gasteiger partial charge on any atom is 0.0419 e. The molecule has 1 aromatic heterocycles. The topological polar surface area (TPSA) is 24.9 Å². The SMILES string of the molecule is CCC(C)C(Cc1ccccn1)NC. The molecule has 2 unspecified atom stereocenters. The van der Waals surface area contributed by atoms with Crippen LogP contribution in [-0.2, 0) is 6.42 Å². The number of pyridine rings is 1. The number of hydrogen-bond donors (Lipinski definition) is 1. The van der Waals surface area contributed by atoms with Gasteiger partial charge in [-0.05, 0) is 25.1 Å². The summed E-state index contributed by atoms with van der Waals surface area (Å²) in [5.74, 6) is 0.696. The molecule has 2 heteroatoms. The zero-order valence-electron chi connectivity index (χ0n) is 9.33. The summed E-state index contributed by atoms with van der Waals surface area (Å²) >= 11 is 0. The standard InChI is InChI=1S/C12H20N2/c1-4-10(2)12(13-3)9-11-7-5-6-8-14-11/h5-8,10,12-13H,4,9H2,1-3H3. The average molecular weight is 192 g/mol. The number of rotatable bonds is 5. The summed E-state index contributed by atoms with van der Waals surface area (Å²) in [4.78, 5) is 4.34. The summed E-state index contributed by atoms with van der Waals surface area (Å²) in [6.45, 7) is 4.51. The third-order valence-electron chi connectivity index (χ3n) is 2.86. The molecule has 2 atom stereocenters. The number of nitrogens with one attached hydrogen (secondary N) is 1. The minimum absolute atomic E-state index is 0.537. The molecule has 1 N–H and O–H groups in total. The quantitative estimate of drug-likeness (QED) is 0.774. The van der Waals surface area contributed by atoms with Gasteiger partial charge in [0.15, 0.2) is 0 Å². The first-order chi connectivity index (χ1) is 6.77. The molecule has 0 aromatic carbocycles. The van der Waals surface area contributed by atoms with Gasteiger partial charge in [0.05, 0.1) is 0 Å². The van der Waals surface area contributed by atoms with Crippen LogP contribution in [0.25, 0.3) is 0 Å². The highest BCUT2D eigenvalue weighted by atomic mass is 14.9. The fourth-order valence-corrected chi connectivity index (χ4v) is 1.62. The monoisotopic (exact) mass is 192 g/mol. The highest BCUT2D eigenvalue weighted by Crippen LogP contribution is 2.11. The first-order valence-corrected chi connectivity index (χ1v) is 5.35. The van der Waals surface area contributed by atoms with Crippen molar-refractivity contribution in [2.75, 3.05) is 7.05 Å². The Morgan fingerprint density at radius 3 is 2.71 bits per heavy atom. The smallest absolute Gasteiger partial charge is 0.0419 e. The van der Waals surface area contributed by atoms with Gasteiger partial charge in [-0.1, -0.05) is 26.3 Å². The van der Waals surface area contributed by atoms with Gasteiger partial charge in [0.2, 0.25) is 0 Å². The van der Waals surface area contributed by atoms with Crippen molar-refractivity contribution in [3.8, 4) is 0 Å². The summed E-state index contributed by atoms with van der Waals surface area (Å²) in [5, 5.41) is 3.36. The van der Waals surface area contributed by atoms with Crippen LogP contribution in [0.15, 0.2) is 24.4 Å². The molecule has 0 saturated heterocycles. The van der Waals surface area contributed by atoms with Crippen molar-refractivity contribution in [1.29, 1.82) is 0 Å². The van der Waals surface area contributed by atoms with E-state index in [0.717, 1.165) is 6.42 Å². The zero-order chi connectivity index (χ0) is 10.4. The van der Waals surface area contributed by atoms with E-state index in [2.05, 4.69) is 30.2 Å². The Morgan fingerprint density at radius 1 is 1.43 bits per heavy atom. The van der Waals surface area contributed by atoms with Gasteiger partial charge in [0.25, 0.3) is 0 Å². The van der Waals surface area contributed by atoms with Crippen LogP contribution < -0.4 is 5.32 Å². The maximum atomic E-state index is 4.34. The van der Waals surface area contributed by atoms with Crippen molar-refractivity contribution in [1.82, 2.24) is 10.3 Å². The van der Waals surface area contributed by atoms with Crippen molar-refractivity contribution >= 4 is 0 Å². The van der Waals surface area contributed by atoms with Crippen LogP contribution in [-0.4, -0.2) is 18.1 Å². The number of hydrogen-bond acceptors (Lipinski definition) is 2. The second kappa shape index (κ2) is 5.76. The molecule has 14 heavy (non-hydrogen) atoms. The summed E-state index contributed by atoms with van der Waals surface area (Å²) in [6, 6.07) is 6.63. The molecule has 0 aliphatic heterocycles. The van der Waals surface area contributed by atoms with Gasteiger partial charge in [-0.3, -0.25) is 4.98 Å². The van der Waals surface area contributed by atoms with Crippen LogP contribution in [0.2, 0.25) is 0 Å². The van der Waals surface area contributed by atoms with Gasteiger partial charge >= 0.3 is 0 Å². The maximum absolute atomic E-state index is 4.34. The van der Waals surface area contributed by atoms with E-state index >= 15 is 0 Å². The predicted octanol–water partition coefficient (Wildman–Crippen LogP) is 2.26. The van der Waals surface area contributed by atoms with Crippen LogP contribution >= 0.6 is 0 Å². The van der Waals surface area contributed by atoms with E-state index in [1.54, 1.807) is 0 Å². The Labute approximate surface area is 86.8 Å². The van der Waals surface area contributed by atoms with E-state index in [-0.39, 0.29) is 0 Å². The Kier molecular flexibility index (Phi) is 4.60. The second-order valence-electron chi connectivity index (χ2n) is 3.81. The highest BCUT2D eigenvalue weighted by Gasteiger charge is 2.14. The van der Waals surface area contributed by atoms with Crippen LogP contribution in [0, 0.1) is 5.92 Å². The molecule has 0 radical (unpaired) electrons. The Bertz CT molecular complexity index is 246. The van der Waals surface area contributed by atoms with E-state index in [0.29, 0.717) is 12.0 Å². The second-order valence-corrected chi connectivity index (χ2v) is 3.81. The fraction of sp³-hybridized carbons (Fsp3) is 0.583. The fourth-order valence-electron chi connectivity index (χ4n) is 1.62. The van der Waals surface area contributed by atoms with Gasteiger partial charge in [0.1, 0.15) is 0 Å². The predicted molar refractivity (Wildman–Crippen MR) is 60.2 cm³/mol. The molecule has 0 bridgehead atoms. The van der Waals surface area contributed by atoms with Crippen molar-refractivity contribution in [2.24, 2.45) is 5.92 Å². The number of aromatic nitrogens is 1. The van der Waals surface area contributed by atoms with Crippen molar-refractivity contribution in [3.05, 3.63) is 30.1 Å². The number of nitrogens with zero attached hydrogens (tertiary/aromatic N) is 1. The molecular formula is C12H20N2. The molecule has 78 valence electrons. The lowest BCUT2D eigenvalue weighted by molar-refractivity contribution is 0.384. The normalized spacial score (nSPS) is 15.1. The molecule has 1 heterocycles.